The Morgan fingerprint density at radius 2 is 1.60 bits per heavy atom. The van der Waals surface area contributed by atoms with Crippen molar-refractivity contribution in [2.24, 2.45) is 0 Å². The number of ether oxygens (including phenoxy) is 2. The van der Waals surface area contributed by atoms with E-state index in [1.165, 1.54) is 0 Å². The number of carbonyl (C=O) groups excluding carboxylic acids is 1. The van der Waals surface area contributed by atoms with Crippen molar-refractivity contribution < 1.29 is 33.0 Å². The predicted molar refractivity (Wildman–Crippen MR) is 136 cm³/mol. The van der Waals surface area contributed by atoms with Crippen LogP contribution in [0.15, 0.2) is 48.5 Å². The molecule has 0 fully saturated rings. The molecule has 0 aliphatic carbocycles. The van der Waals surface area contributed by atoms with Gasteiger partial charge in [0.1, 0.15) is 5.75 Å². The van der Waals surface area contributed by atoms with Gasteiger partial charge in [0.05, 0.1) is 25.9 Å². The van der Waals surface area contributed by atoms with Crippen LogP contribution in [0.5, 0.6) is 5.75 Å². The number of benzene rings is 2. The van der Waals surface area contributed by atoms with Crippen LogP contribution in [0.3, 0.4) is 0 Å². The van der Waals surface area contributed by atoms with Crippen LogP contribution in [0.1, 0.15) is 44.9 Å². The Labute approximate surface area is 212 Å². The Kier molecular flexibility index (Phi) is 12.2. The van der Waals surface area contributed by atoms with Crippen molar-refractivity contribution in [3.8, 4) is 5.75 Å². The maximum Gasteiger partial charge on any atom is 0.382 e. The fourth-order valence-electron chi connectivity index (χ4n) is 3.36. The fourth-order valence-corrected chi connectivity index (χ4v) is 5.14. The van der Waals surface area contributed by atoms with Crippen molar-refractivity contribution >= 4 is 25.2 Å². The Hall–Kier alpha value is -1.93. The number of rotatable bonds is 15. The molecule has 0 radical (unpaired) electrons. The molecule has 8 nitrogen and oxygen atoms in total. The van der Waals surface area contributed by atoms with Crippen LogP contribution >= 0.6 is 19.2 Å². The van der Waals surface area contributed by atoms with E-state index in [-0.39, 0.29) is 25.9 Å². The zero-order valence-corrected chi connectivity index (χ0v) is 22.3. The van der Waals surface area contributed by atoms with Crippen molar-refractivity contribution in [3.63, 3.8) is 0 Å². The zero-order chi connectivity index (χ0) is 25.8. The Morgan fingerprint density at radius 1 is 1.00 bits per heavy atom. The summed E-state index contributed by atoms with van der Waals surface area (Å²) in [4.78, 5) is 12.5. The number of hydrogen-bond donors (Lipinski definition) is 2. The second-order valence-corrected chi connectivity index (χ2v) is 10.3. The number of halogens is 1. The largest absolute Gasteiger partial charge is 0.466 e. The van der Waals surface area contributed by atoms with Gasteiger partial charge < -0.3 is 28.9 Å². The van der Waals surface area contributed by atoms with E-state index in [1.54, 1.807) is 57.2 Å². The van der Waals surface area contributed by atoms with E-state index in [4.69, 9.17) is 30.1 Å². The lowest BCUT2D eigenvalue weighted by atomic mass is 10.1. The third-order valence-corrected chi connectivity index (χ3v) is 7.40. The van der Waals surface area contributed by atoms with Crippen molar-refractivity contribution in [3.05, 3.63) is 64.7 Å². The van der Waals surface area contributed by atoms with Crippen LogP contribution in [-0.2, 0) is 29.6 Å². The molecule has 35 heavy (non-hydrogen) atoms. The Bertz CT molecular complexity index is 945. The second-order valence-electron chi connectivity index (χ2n) is 7.82. The summed E-state index contributed by atoms with van der Waals surface area (Å²) >= 11 is 5.90. The Balaban J connectivity index is 1.99. The molecule has 0 heterocycles. The molecule has 0 bridgehead atoms. The maximum absolute atomic E-state index is 13.2. The normalized spacial score (nSPS) is 14.2. The lowest BCUT2D eigenvalue weighted by Crippen LogP contribution is -2.32. The zero-order valence-electron chi connectivity index (χ0n) is 20.6. The van der Waals surface area contributed by atoms with Crippen molar-refractivity contribution in [2.45, 2.75) is 52.1 Å². The average Bonchev–Trinajstić information content (AvgIpc) is 2.83. The molecule has 10 heteroatoms. The van der Waals surface area contributed by atoms with E-state index in [1.807, 2.05) is 19.1 Å². The van der Waals surface area contributed by atoms with Gasteiger partial charge >= 0.3 is 13.6 Å². The minimum atomic E-state index is -3.90. The summed E-state index contributed by atoms with van der Waals surface area (Å²) in [6.45, 7) is 7.68. The van der Waals surface area contributed by atoms with Gasteiger partial charge in [-0.05, 0) is 69.5 Å². The molecule has 0 saturated heterocycles. The number of esters is 1. The summed E-state index contributed by atoms with van der Waals surface area (Å²) in [6.07, 6.45) is 0.0577. The standard InChI is InChI=1S/C25H35ClNO7P/c1-5-31-24(29)25(35(30,32-6-2)33-7-3)34-22-14-8-19(9-15-22)16-18(4)27-17-23(28)20-10-12-21(26)13-11-20/h8-15,18,23,25,27-28H,5-7,16-17H2,1-4H3. The quantitative estimate of drug-likeness (QED) is 0.243. The molecule has 0 spiro atoms. The first-order chi connectivity index (χ1) is 16.7. The number of aliphatic hydroxyl groups excluding tert-OH is 1. The molecule has 0 amide bonds. The number of carbonyl (C=O) groups is 1. The van der Waals surface area contributed by atoms with E-state index in [0.29, 0.717) is 23.7 Å². The first-order valence-electron chi connectivity index (χ1n) is 11.7. The molecule has 0 aliphatic heterocycles. The van der Waals surface area contributed by atoms with Gasteiger partial charge in [-0.1, -0.05) is 35.9 Å². The molecule has 194 valence electrons. The van der Waals surface area contributed by atoms with E-state index in [9.17, 15) is 14.5 Å². The molecule has 3 atom stereocenters. The molecule has 3 unspecified atom stereocenters. The van der Waals surface area contributed by atoms with Gasteiger partial charge in [-0.2, -0.15) is 0 Å². The van der Waals surface area contributed by atoms with E-state index in [0.717, 1.165) is 11.1 Å². The van der Waals surface area contributed by atoms with Crippen molar-refractivity contribution in [2.75, 3.05) is 26.4 Å². The molecule has 2 rings (SSSR count). The van der Waals surface area contributed by atoms with Crippen LogP contribution in [-0.4, -0.2) is 49.3 Å². The second kappa shape index (κ2) is 14.6. The van der Waals surface area contributed by atoms with Crippen molar-refractivity contribution in [1.82, 2.24) is 5.32 Å². The van der Waals surface area contributed by atoms with Gasteiger partial charge in [-0.15, -0.1) is 0 Å². The molecule has 2 N–H and O–H groups in total. The molecular weight excluding hydrogens is 493 g/mol. The van der Waals surface area contributed by atoms with Gasteiger partial charge in [0.15, 0.2) is 0 Å². The van der Waals surface area contributed by atoms with Gasteiger partial charge in [0.2, 0.25) is 0 Å². The summed E-state index contributed by atoms with van der Waals surface area (Å²) in [7, 11) is -3.90. The highest BCUT2D eigenvalue weighted by molar-refractivity contribution is 7.55. The minimum Gasteiger partial charge on any atom is -0.466 e. The number of hydrogen-bond acceptors (Lipinski definition) is 8. The lowest BCUT2D eigenvalue weighted by molar-refractivity contribution is -0.148. The first kappa shape index (κ1) is 29.3. The molecule has 0 aliphatic rings. The summed E-state index contributed by atoms with van der Waals surface area (Å²) in [6, 6.07) is 14.3. The average molecular weight is 528 g/mol. The monoisotopic (exact) mass is 527 g/mol. The van der Waals surface area contributed by atoms with Crippen LogP contribution in [0.2, 0.25) is 5.02 Å². The topological polar surface area (TPSA) is 103 Å². The summed E-state index contributed by atoms with van der Waals surface area (Å²) in [5, 5.41) is 14.3. The van der Waals surface area contributed by atoms with Gasteiger partial charge in [0.25, 0.3) is 5.85 Å². The van der Waals surface area contributed by atoms with Crippen LogP contribution in [0.4, 0.5) is 0 Å². The smallest absolute Gasteiger partial charge is 0.382 e. The van der Waals surface area contributed by atoms with E-state index in [2.05, 4.69) is 5.32 Å². The molecule has 2 aromatic carbocycles. The molecule has 2 aromatic rings. The minimum absolute atomic E-state index is 0.0899. The first-order valence-corrected chi connectivity index (χ1v) is 13.7. The fraction of sp³-hybridized carbons (Fsp3) is 0.480. The van der Waals surface area contributed by atoms with E-state index < -0.39 is 25.5 Å². The summed E-state index contributed by atoms with van der Waals surface area (Å²) in [5.41, 5.74) is 1.81. The maximum atomic E-state index is 13.2. The van der Waals surface area contributed by atoms with Crippen LogP contribution < -0.4 is 10.1 Å². The summed E-state index contributed by atoms with van der Waals surface area (Å²) < 4.78 is 34.6. The molecule has 0 saturated carbocycles. The number of nitrogens with one attached hydrogen (secondary N) is 1. The Morgan fingerprint density at radius 3 is 2.14 bits per heavy atom. The predicted octanol–water partition coefficient (Wildman–Crippen LogP) is 5.13. The lowest BCUT2D eigenvalue weighted by Gasteiger charge is -2.25. The molecule has 0 aromatic heterocycles. The highest BCUT2D eigenvalue weighted by atomic mass is 35.5. The number of aliphatic hydroxyl groups is 1. The van der Waals surface area contributed by atoms with Gasteiger partial charge in [-0.25, -0.2) is 4.79 Å². The van der Waals surface area contributed by atoms with Crippen LogP contribution in [0.25, 0.3) is 0 Å². The summed E-state index contributed by atoms with van der Waals surface area (Å²) in [5.74, 6) is -1.99. The third-order valence-electron chi connectivity index (χ3n) is 5.02. The van der Waals surface area contributed by atoms with Gasteiger partial charge in [0, 0.05) is 17.6 Å². The van der Waals surface area contributed by atoms with Crippen molar-refractivity contribution in [1.29, 1.82) is 0 Å². The third kappa shape index (κ3) is 9.22. The van der Waals surface area contributed by atoms with Crippen LogP contribution in [0, 0.1) is 0 Å². The highest BCUT2D eigenvalue weighted by Gasteiger charge is 2.44. The van der Waals surface area contributed by atoms with E-state index >= 15 is 0 Å². The highest BCUT2D eigenvalue weighted by Crippen LogP contribution is 2.53. The SMILES string of the molecule is CCOC(=O)C(Oc1ccc(CC(C)NCC(O)c2ccc(Cl)cc2)cc1)P(=O)(OCC)OCC. The molecular formula is C25H35ClNO7P. The van der Waals surface area contributed by atoms with Gasteiger partial charge in [-0.3, -0.25) is 4.57 Å².